The minimum atomic E-state index is -1.60. The second-order valence-corrected chi connectivity index (χ2v) is 3.69. The first-order chi connectivity index (χ1) is 8.59. The van der Waals surface area contributed by atoms with Gasteiger partial charge < -0.3 is 5.11 Å². The predicted molar refractivity (Wildman–Crippen MR) is 63.8 cm³/mol. The van der Waals surface area contributed by atoms with Gasteiger partial charge in [0, 0.05) is 11.1 Å². The first kappa shape index (κ1) is 12.0. The summed E-state index contributed by atoms with van der Waals surface area (Å²) in [6, 6.07) is 12.5. The van der Waals surface area contributed by atoms with Gasteiger partial charge in [-0.25, -0.2) is 9.18 Å². The van der Waals surface area contributed by atoms with Gasteiger partial charge in [-0.15, -0.1) is 0 Å². The van der Waals surface area contributed by atoms with Crippen LogP contribution in [0.25, 0.3) is 11.1 Å². The number of benzene rings is 2. The number of aliphatic carboxylic acids is 1. The van der Waals surface area contributed by atoms with Crippen LogP contribution in [0.15, 0.2) is 48.5 Å². The van der Waals surface area contributed by atoms with Gasteiger partial charge in [0.15, 0.2) is 0 Å². The summed E-state index contributed by atoms with van der Waals surface area (Å²) in [5, 5.41) is 8.54. The van der Waals surface area contributed by atoms with Crippen LogP contribution in [0.4, 0.5) is 4.39 Å². The molecule has 0 saturated carbocycles. The van der Waals surface area contributed by atoms with Gasteiger partial charge in [-0.05, 0) is 17.7 Å². The lowest BCUT2D eigenvalue weighted by atomic mass is 10.0. The molecule has 0 aromatic heterocycles. The standard InChI is InChI=1S/C14H9FO3/c15-12-8-10(13(16)14(17)18)6-7-11(12)9-4-2-1-3-5-9/h1-8H,(H,17,18). The molecule has 2 aromatic rings. The number of Topliss-reactive ketones (excluding diaryl/α,β-unsaturated/α-hetero) is 1. The molecule has 90 valence electrons. The molecule has 0 aliphatic heterocycles. The molecule has 0 aliphatic rings. The Balaban J connectivity index is 2.43. The molecular formula is C14H9FO3. The fraction of sp³-hybridized carbons (Fsp3) is 0. The zero-order valence-electron chi connectivity index (χ0n) is 9.26. The lowest BCUT2D eigenvalue weighted by Crippen LogP contribution is -2.12. The summed E-state index contributed by atoms with van der Waals surface area (Å²) in [5.41, 5.74) is 0.835. The highest BCUT2D eigenvalue weighted by atomic mass is 19.1. The number of ketones is 1. The summed E-state index contributed by atoms with van der Waals surface area (Å²) in [4.78, 5) is 21.7. The zero-order valence-corrected chi connectivity index (χ0v) is 9.26. The lowest BCUT2D eigenvalue weighted by molar-refractivity contribution is -0.131. The molecule has 2 rings (SSSR count). The van der Waals surface area contributed by atoms with Crippen LogP contribution < -0.4 is 0 Å². The Morgan fingerprint density at radius 2 is 1.67 bits per heavy atom. The molecule has 0 atom stereocenters. The Kier molecular flexibility index (Phi) is 3.19. The minimum Gasteiger partial charge on any atom is -0.475 e. The van der Waals surface area contributed by atoms with E-state index in [1.807, 2.05) is 6.07 Å². The smallest absolute Gasteiger partial charge is 0.377 e. The summed E-state index contributed by atoms with van der Waals surface area (Å²) in [7, 11) is 0. The van der Waals surface area contributed by atoms with Crippen LogP contribution in [0.3, 0.4) is 0 Å². The molecule has 1 N–H and O–H groups in total. The molecule has 18 heavy (non-hydrogen) atoms. The molecule has 2 aromatic carbocycles. The highest BCUT2D eigenvalue weighted by Gasteiger charge is 2.16. The first-order valence-corrected chi connectivity index (χ1v) is 5.22. The van der Waals surface area contributed by atoms with Crippen molar-refractivity contribution in [1.29, 1.82) is 0 Å². The Hall–Kier alpha value is -2.49. The SMILES string of the molecule is O=C(O)C(=O)c1ccc(-c2ccccc2)c(F)c1. The lowest BCUT2D eigenvalue weighted by Gasteiger charge is -2.04. The fourth-order valence-electron chi connectivity index (χ4n) is 1.63. The van der Waals surface area contributed by atoms with Gasteiger partial charge in [0.05, 0.1) is 0 Å². The molecule has 0 fully saturated rings. The van der Waals surface area contributed by atoms with E-state index >= 15 is 0 Å². The third kappa shape index (κ3) is 2.27. The Morgan fingerprint density at radius 1 is 1.00 bits per heavy atom. The highest BCUT2D eigenvalue weighted by Crippen LogP contribution is 2.23. The number of hydrogen-bond acceptors (Lipinski definition) is 2. The van der Waals surface area contributed by atoms with E-state index in [0.29, 0.717) is 11.1 Å². The van der Waals surface area contributed by atoms with E-state index in [9.17, 15) is 14.0 Å². The molecule has 0 aliphatic carbocycles. The predicted octanol–water partition coefficient (Wildman–Crippen LogP) is 2.76. The van der Waals surface area contributed by atoms with Gasteiger partial charge in [-0.1, -0.05) is 36.4 Å². The van der Waals surface area contributed by atoms with Gasteiger partial charge in [-0.3, -0.25) is 4.79 Å². The van der Waals surface area contributed by atoms with Crippen LogP contribution >= 0.6 is 0 Å². The van der Waals surface area contributed by atoms with Gasteiger partial charge in [-0.2, -0.15) is 0 Å². The molecule has 0 saturated heterocycles. The monoisotopic (exact) mass is 244 g/mol. The van der Waals surface area contributed by atoms with Crippen molar-refractivity contribution in [2.24, 2.45) is 0 Å². The Bertz CT molecular complexity index is 606. The maximum atomic E-state index is 13.8. The van der Waals surface area contributed by atoms with E-state index in [1.54, 1.807) is 24.3 Å². The number of carbonyl (C=O) groups is 2. The summed E-state index contributed by atoms with van der Waals surface area (Å²) in [6.07, 6.45) is 0. The van der Waals surface area contributed by atoms with E-state index in [2.05, 4.69) is 0 Å². The van der Waals surface area contributed by atoms with Crippen LogP contribution in [-0.4, -0.2) is 16.9 Å². The third-order valence-electron chi connectivity index (χ3n) is 2.51. The van der Waals surface area contributed by atoms with Crippen LogP contribution in [0.1, 0.15) is 10.4 Å². The van der Waals surface area contributed by atoms with Crippen molar-refractivity contribution in [2.75, 3.05) is 0 Å². The quantitative estimate of drug-likeness (QED) is 0.667. The number of hydrogen-bond donors (Lipinski definition) is 1. The number of carboxylic acid groups (broad SMARTS) is 1. The number of carbonyl (C=O) groups excluding carboxylic acids is 1. The van der Waals surface area contributed by atoms with Crippen molar-refractivity contribution in [3.05, 3.63) is 59.9 Å². The van der Waals surface area contributed by atoms with Crippen LogP contribution in [0.2, 0.25) is 0 Å². The van der Waals surface area contributed by atoms with Gasteiger partial charge >= 0.3 is 5.97 Å². The van der Waals surface area contributed by atoms with Crippen LogP contribution in [0.5, 0.6) is 0 Å². The number of rotatable bonds is 3. The molecule has 3 nitrogen and oxygen atoms in total. The molecule has 0 radical (unpaired) electrons. The second kappa shape index (κ2) is 4.79. The summed E-state index contributed by atoms with van der Waals surface area (Å²) >= 11 is 0. The minimum absolute atomic E-state index is 0.167. The summed E-state index contributed by atoms with van der Waals surface area (Å²) in [6.45, 7) is 0. The number of halogens is 1. The molecule has 0 bridgehead atoms. The summed E-state index contributed by atoms with van der Waals surface area (Å²) < 4.78 is 13.8. The highest BCUT2D eigenvalue weighted by molar-refractivity contribution is 6.39. The first-order valence-electron chi connectivity index (χ1n) is 5.22. The molecular weight excluding hydrogens is 235 g/mol. The average Bonchev–Trinajstić information content (AvgIpc) is 2.38. The molecule has 4 heteroatoms. The number of carboxylic acids is 1. The van der Waals surface area contributed by atoms with Crippen molar-refractivity contribution in [3.8, 4) is 11.1 Å². The second-order valence-electron chi connectivity index (χ2n) is 3.69. The normalized spacial score (nSPS) is 10.1. The Morgan fingerprint density at radius 3 is 2.22 bits per heavy atom. The molecule has 0 spiro atoms. The third-order valence-corrected chi connectivity index (χ3v) is 2.51. The van der Waals surface area contributed by atoms with Crippen molar-refractivity contribution < 1.29 is 19.1 Å². The van der Waals surface area contributed by atoms with Crippen molar-refractivity contribution >= 4 is 11.8 Å². The van der Waals surface area contributed by atoms with Gasteiger partial charge in [0.2, 0.25) is 0 Å². The fourth-order valence-corrected chi connectivity index (χ4v) is 1.63. The maximum Gasteiger partial charge on any atom is 0.377 e. The van der Waals surface area contributed by atoms with Crippen molar-refractivity contribution in [3.63, 3.8) is 0 Å². The van der Waals surface area contributed by atoms with E-state index in [-0.39, 0.29) is 5.56 Å². The van der Waals surface area contributed by atoms with Crippen molar-refractivity contribution in [2.45, 2.75) is 0 Å². The van der Waals surface area contributed by atoms with Crippen molar-refractivity contribution in [1.82, 2.24) is 0 Å². The van der Waals surface area contributed by atoms with E-state index in [1.165, 1.54) is 12.1 Å². The molecule has 0 heterocycles. The van der Waals surface area contributed by atoms with Crippen LogP contribution in [0, 0.1) is 5.82 Å². The average molecular weight is 244 g/mol. The summed E-state index contributed by atoms with van der Waals surface area (Å²) in [5.74, 6) is -3.33. The molecule has 0 amide bonds. The maximum absolute atomic E-state index is 13.8. The van der Waals surface area contributed by atoms with Gasteiger partial charge in [0.25, 0.3) is 5.78 Å². The Labute approximate surface area is 103 Å². The largest absolute Gasteiger partial charge is 0.475 e. The van der Waals surface area contributed by atoms with E-state index in [4.69, 9.17) is 5.11 Å². The zero-order chi connectivity index (χ0) is 13.1. The van der Waals surface area contributed by atoms with E-state index in [0.717, 1.165) is 6.07 Å². The topological polar surface area (TPSA) is 54.4 Å². The van der Waals surface area contributed by atoms with Crippen LogP contribution in [-0.2, 0) is 4.79 Å². The van der Waals surface area contributed by atoms with Gasteiger partial charge in [0.1, 0.15) is 5.82 Å². The van der Waals surface area contributed by atoms with E-state index < -0.39 is 17.6 Å². The molecule has 0 unspecified atom stereocenters.